The van der Waals surface area contributed by atoms with Crippen LogP contribution in [0.3, 0.4) is 0 Å². The Bertz CT molecular complexity index is 919. The molecule has 2 aliphatic rings. The van der Waals surface area contributed by atoms with E-state index in [9.17, 15) is 9.59 Å². The van der Waals surface area contributed by atoms with E-state index in [1.165, 1.54) is 5.56 Å². The molecule has 0 atom stereocenters. The van der Waals surface area contributed by atoms with E-state index in [1.54, 1.807) is 9.80 Å². The van der Waals surface area contributed by atoms with Crippen LogP contribution in [0.5, 0.6) is 0 Å². The van der Waals surface area contributed by atoms with Crippen molar-refractivity contribution in [2.24, 2.45) is 0 Å². The predicted octanol–water partition coefficient (Wildman–Crippen LogP) is 1.39. The molecule has 0 saturated carbocycles. The van der Waals surface area contributed by atoms with Crippen LogP contribution in [0.4, 0.5) is 11.6 Å². The molecule has 0 unspecified atom stereocenters. The highest BCUT2D eigenvalue weighted by atomic mass is 16.2. The molecule has 0 bridgehead atoms. The molecule has 0 radical (unpaired) electrons. The first-order chi connectivity index (χ1) is 12.5. The SMILES string of the molecule is CN(C)c1nc2c(c(=O)[nH]1)CCN(C(=O)c1cccc3c1NCCC3)C2. The van der Waals surface area contributed by atoms with Gasteiger partial charge in [-0.3, -0.25) is 14.6 Å². The molecule has 0 spiro atoms. The number of carbonyl (C=O) groups is 1. The van der Waals surface area contributed by atoms with Crippen LogP contribution in [0.2, 0.25) is 0 Å². The second-order valence-electron chi connectivity index (χ2n) is 7.06. The quantitative estimate of drug-likeness (QED) is 0.853. The van der Waals surface area contributed by atoms with Crippen LogP contribution in [0.25, 0.3) is 0 Å². The number of amides is 1. The van der Waals surface area contributed by atoms with Crippen LogP contribution >= 0.6 is 0 Å². The summed E-state index contributed by atoms with van der Waals surface area (Å²) in [6, 6.07) is 5.91. The van der Waals surface area contributed by atoms with Gasteiger partial charge in [0.1, 0.15) is 0 Å². The summed E-state index contributed by atoms with van der Waals surface area (Å²) < 4.78 is 0. The number of fused-ring (bicyclic) bond motifs is 2. The van der Waals surface area contributed by atoms with Gasteiger partial charge >= 0.3 is 0 Å². The number of nitrogens with zero attached hydrogens (tertiary/aromatic N) is 3. The Kier molecular flexibility index (Phi) is 4.14. The lowest BCUT2D eigenvalue weighted by molar-refractivity contribution is 0.0732. The molecule has 3 heterocycles. The smallest absolute Gasteiger partial charge is 0.256 e. The summed E-state index contributed by atoms with van der Waals surface area (Å²) >= 11 is 0. The number of nitrogens with one attached hydrogen (secondary N) is 2. The molecule has 1 aromatic heterocycles. The van der Waals surface area contributed by atoms with Crippen LogP contribution in [-0.2, 0) is 19.4 Å². The summed E-state index contributed by atoms with van der Waals surface area (Å²) in [6.07, 6.45) is 2.61. The maximum Gasteiger partial charge on any atom is 0.256 e. The van der Waals surface area contributed by atoms with E-state index in [0.717, 1.165) is 25.1 Å². The lowest BCUT2D eigenvalue weighted by Gasteiger charge is -2.30. The van der Waals surface area contributed by atoms with E-state index >= 15 is 0 Å². The Labute approximate surface area is 152 Å². The molecule has 7 nitrogen and oxygen atoms in total. The maximum absolute atomic E-state index is 13.1. The number of anilines is 2. The topological polar surface area (TPSA) is 81.3 Å². The summed E-state index contributed by atoms with van der Waals surface area (Å²) in [6.45, 7) is 1.79. The minimum atomic E-state index is -0.107. The minimum absolute atomic E-state index is 0.00427. The van der Waals surface area contributed by atoms with Gasteiger partial charge in [0, 0.05) is 32.7 Å². The van der Waals surface area contributed by atoms with Crippen LogP contribution in [-0.4, -0.2) is 48.0 Å². The molecular weight excluding hydrogens is 330 g/mol. The fourth-order valence-electron chi connectivity index (χ4n) is 3.67. The third kappa shape index (κ3) is 2.83. The van der Waals surface area contributed by atoms with E-state index in [1.807, 2.05) is 26.2 Å². The number of aromatic amines is 1. The predicted molar refractivity (Wildman–Crippen MR) is 101 cm³/mol. The molecule has 0 saturated heterocycles. The number of aryl methyl sites for hydroxylation is 1. The van der Waals surface area contributed by atoms with Gasteiger partial charge in [-0.15, -0.1) is 0 Å². The van der Waals surface area contributed by atoms with Crippen LogP contribution in [0.1, 0.15) is 33.6 Å². The largest absolute Gasteiger partial charge is 0.384 e. The zero-order chi connectivity index (χ0) is 18.3. The first-order valence-corrected chi connectivity index (χ1v) is 8.99. The van der Waals surface area contributed by atoms with Gasteiger partial charge in [0.25, 0.3) is 11.5 Å². The Morgan fingerprint density at radius 1 is 1.27 bits per heavy atom. The molecule has 7 heteroatoms. The van der Waals surface area contributed by atoms with Crippen molar-refractivity contribution in [3.8, 4) is 0 Å². The van der Waals surface area contributed by atoms with Gasteiger partial charge < -0.3 is 15.1 Å². The highest BCUT2D eigenvalue weighted by Crippen LogP contribution is 2.28. The highest BCUT2D eigenvalue weighted by Gasteiger charge is 2.27. The third-order valence-electron chi connectivity index (χ3n) is 5.08. The lowest BCUT2D eigenvalue weighted by atomic mass is 9.98. The average Bonchev–Trinajstić information content (AvgIpc) is 2.66. The van der Waals surface area contributed by atoms with E-state index in [0.29, 0.717) is 42.3 Å². The second kappa shape index (κ2) is 6.48. The molecular formula is C19H23N5O2. The number of hydrogen-bond acceptors (Lipinski definition) is 5. The van der Waals surface area contributed by atoms with Gasteiger partial charge in [-0.1, -0.05) is 12.1 Å². The number of aromatic nitrogens is 2. The minimum Gasteiger partial charge on any atom is -0.384 e. The Morgan fingerprint density at radius 3 is 2.92 bits per heavy atom. The number of hydrogen-bond donors (Lipinski definition) is 2. The van der Waals surface area contributed by atoms with Gasteiger partial charge in [0.05, 0.1) is 23.5 Å². The average molecular weight is 353 g/mol. The summed E-state index contributed by atoms with van der Waals surface area (Å²) in [7, 11) is 3.66. The number of benzene rings is 1. The molecule has 2 N–H and O–H groups in total. The van der Waals surface area contributed by atoms with E-state index < -0.39 is 0 Å². The van der Waals surface area contributed by atoms with E-state index in [4.69, 9.17) is 0 Å². The van der Waals surface area contributed by atoms with E-state index in [-0.39, 0.29) is 11.5 Å². The van der Waals surface area contributed by atoms with Crippen molar-refractivity contribution in [1.82, 2.24) is 14.9 Å². The van der Waals surface area contributed by atoms with Crippen molar-refractivity contribution in [2.75, 3.05) is 37.4 Å². The van der Waals surface area contributed by atoms with Crippen molar-refractivity contribution >= 4 is 17.5 Å². The molecule has 26 heavy (non-hydrogen) atoms. The summed E-state index contributed by atoms with van der Waals surface area (Å²) in [4.78, 5) is 36.3. The van der Waals surface area contributed by atoms with Crippen LogP contribution in [0, 0.1) is 0 Å². The van der Waals surface area contributed by atoms with Crippen molar-refractivity contribution < 1.29 is 4.79 Å². The number of carbonyl (C=O) groups excluding carboxylic acids is 1. The Morgan fingerprint density at radius 2 is 2.12 bits per heavy atom. The van der Waals surface area contributed by atoms with Crippen LogP contribution < -0.4 is 15.8 Å². The van der Waals surface area contributed by atoms with Crippen LogP contribution in [0.15, 0.2) is 23.0 Å². The van der Waals surface area contributed by atoms with Crippen molar-refractivity contribution in [2.45, 2.75) is 25.8 Å². The number of H-pyrrole nitrogens is 1. The molecule has 0 fully saturated rings. The fraction of sp³-hybridized carbons (Fsp3) is 0.421. The monoisotopic (exact) mass is 353 g/mol. The normalized spacial score (nSPS) is 15.7. The summed E-state index contributed by atoms with van der Waals surface area (Å²) in [5, 5.41) is 3.38. The number of rotatable bonds is 2. The summed E-state index contributed by atoms with van der Waals surface area (Å²) in [5.41, 5.74) is 4.14. The first kappa shape index (κ1) is 16.6. The number of para-hydroxylation sites is 1. The third-order valence-corrected chi connectivity index (χ3v) is 5.08. The lowest BCUT2D eigenvalue weighted by Crippen LogP contribution is -2.40. The zero-order valence-electron chi connectivity index (χ0n) is 15.1. The maximum atomic E-state index is 13.1. The molecule has 1 aromatic carbocycles. The highest BCUT2D eigenvalue weighted by molar-refractivity contribution is 6.00. The van der Waals surface area contributed by atoms with E-state index in [2.05, 4.69) is 21.4 Å². The van der Waals surface area contributed by atoms with Gasteiger partial charge in [-0.2, -0.15) is 0 Å². The molecule has 0 aliphatic carbocycles. The van der Waals surface area contributed by atoms with Gasteiger partial charge in [-0.05, 0) is 30.9 Å². The molecule has 2 aromatic rings. The molecule has 136 valence electrons. The fourth-order valence-corrected chi connectivity index (χ4v) is 3.67. The van der Waals surface area contributed by atoms with Crippen molar-refractivity contribution in [3.05, 3.63) is 50.9 Å². The standard InChI is InChI=1S/C19H23N5O2/c1-23(2)19-21-15-11-24(10-8-13(15)17(25)22-19)18(26)14-7-3-5-12-6-4-9-20-16(12)14/h3,5,7,20H,4,6,8-11H2,1-2H3,(H,21,22,25). The van der Waals surface area contributed by atoms with Crippen molar-refractivity contribution in [3.63, 3.8) is 0 Å². The first-order valence-electron chi connectivity index (χ1n) is 8.99. The second-order valence-corrected chi connectivity index (χ2v) is 7.06. The van der Waals surface area contributed by atoms with Gasteiger partial charge in [-0.25, -0.2) is 4.98 Å². The molecule has 4 rings (SSSR count). The Hall–Kier alpha value is -2.83. The van der Waals surface area contributed by atoms with Gasteiger partial charge in [0.15, 0.2) is 0 Å². The zero-order valence-corrected chi connectivity index (χ0v) is 15.1. The summed E-state index contributed by atoms with van der Waals surface area (Å²) in [5.74, 6) is 0.511. The molecule has 1 amide bonds. The van der Waals surface area contributed by atoms with Gasteiger partial charge in [0.2, 0.25) is 5.95 Å². The Balaban J connectivity index is 1.65. The van der Waals surface area contributed by atoms with Crippen molar-refractivity contribution in [1.29, 1.82) is 0 Å². The molecule has 2 aliphatic heterocycles.